The van der Waals surface area contributed by atoms with E-state index in [1.807, 2.05) is 11.3 Å². The van der Waals surface area contributed by atoms with Gasteiger partial charge in [-0.15, -0.1) is 11.3 Å². The Morgan fingerprint density at radius 2 is 2.12 bits per heavy atom. The van der Waals surface area contributed by atoms with E-state index in [-0.39, 0.29) is 6.10 Å². The third-order valence-corrected chi connectivity index (χ3v) is 4.76. The minimum Gasteiger partial charge on any atom is -0.388 e. The summed E-state index contributed by atoms with van der Waals surface area (Å²) in [5.74, 6) is 0. The first-order chi connectivity index (χ1) is 7.81. The zero-order valence-electron chi connectivity index (χ0n) is 10.2. The first-order valence-corrected chi connectivity index (χ1v) is 7.42. The third-order valence-electron chi connectivity index (χ3n) is 3.43. The number of rotatable bonds is 5. The highest BCUT2D eigenvalue weighted by atomic mass is 32.1. The van der Waals surface area contributed by atoms with E-state index >= 15 is 0 Å². The molecule has 90 valence electrons. The van der Waals surface area contributed by atoms with Crippen LogP contribution in [0, 0.1) is 0 Å². The maximum Gasteiger partial charge on any atom is 0.0882 e. The second-order valence-electron chi connectivity index (χ2n) is 4.82. The minimum atomic E-state index is -0.206. The Kier molecular flexibility index (Phi) is 4.42. The fourth-order valence-corrected chi connectivity index (χ4v) is 3.69. The second kappa shape index (κ2) is 5.83. The molecule has 1 nitrogen and oxygen atoms in total. The maximum absolute atomic E-state index is 10.1. The Hall–Kier alpha value is -0.340. The summed E-state index contributed by atoms with van der Waals surface area (Å²) in [5, 5.41) is 10.1. The Balaban J connectivity index is 1.95. The third kappa shape index (κ3) is 2.86. The number of aliphatic hydroxyl groups excluding tert-OH is 1. The Morgan fingerprint density at radius 1 is 1.31 bits per heavy atom. The maximum atomic E-state index is 10.1. The van der Waals surface area contributed by atoms with Crippen LogP contribution in [0.5, 0.6) is 0 Å². The first-order valence-electron chi connectivity index (χ1n) is 6.60. The molecule has 0 fully saturated rings. The van der Waals surface area contributed by atoms with Crippen molar-refractivity contribution >= 4 is 11.3 Å². The average molecular weight is 238 g/mol. The van der Waals surface area contributed by atoms with Crippen molar-refractivity contribution in [1.29, 1.82) is 0 Å². The number of fused-ring (bicyclic) bond motifs is 1. The summed E-state index contributed by atoms with van der Waals surface area (Å²) in [6, 6.07) is 2.26. The summed E-state index contributed by atoms with van der Waals surface area (Å²) in [4.78, 5) is 2.75. The van der Waals surface area contributed by atoms with Crippen LogP contribution in [0.15, 0.2) is 6.07 Å². The van der Waals surface area contributed by atoms with Gasteiger partial charge < -0.3 is 5.11 Å². The van der Waals surface area contributed by atoms with Crippen molar-refractivity contribution in [2.45, 2.75) is 64.4 Å². The Labute approximate surface area is 103 Å². The zero-order valence-corrected chi connectivity index (χ0v) is 11.0. The molecule has 0 saturated heterocycles. The van der Waals surface area contributed by atoms with Crippen LogP contribution in [-0.4, -0.2) is 5.11 Å². The van der Waals surface area contributed by atoms with Gasteiger partial charge in [0.2, 0.25) is 0 Å². The lowest BCUT2D eigenvalue weighted by atomic mass is 9.98. The van der Waals surface area contributed by atoms with Crippen LogP contribution in [-0.2, 0) is 12.8 Å². The van der Waals surface area contributed by atoms with Crippen LogP contribution < -0.4 is 0 Å². The molecule has 0 aliphatic heterocycles. The second-order valence-corrected chi connectivity index (χ2v) is 5.98. The van der Waals surface area contributed by atoms with E-state index in [0.717, 1.165) is 12.8 Å². The number of unbranched alkanes of at least 4 members (excludes halogenated alkanes) is 2. The van der Waals surface area contributed by atoms with Crippen molar-refractivity contribution in [3.05, 3.63) is 21.4 Å². The smallest absolute Gasteiger partial charge is 0.0882 e. The van der Waals surface area contributed by atoms with Crippen molar-refractivity contribution in [3.8, 4) is 0 Å². The van der Waals surface area contributed by atoms with E-state index in [1.165, 1.54) is 53.8 Å². The largest absolute Gasteiger partial charge is 0.388 e. The fourth-order valence-electron chi connectivity index (χ4n) is 2.41. The summed E-state index contributed by atoms with van der Waals surface area (Å²) in [5.41, 5.74) is 1.51. The van der Waals surface area contributed by atoms with Gasteiger partial charge in [0.05, 0.1) is 6.10 Å². The lowest BCUT2D eigenvalue weighted by molar-refractivity contribution is 0.167. The predicted molar refractivity (Wildman–Crippen MR) is 70.1 cm³/mol. The normalized spacial score (nSPS) is 17.1. The molecule has 1 aromatic rings. The van der Waals surface area contributed by atoms with Gasteiger partial charge in [-0.3, -0.25) is 0 Å². The zero-order chi connectivity index (χ0) is 11.4. The van der Waals surface area contributed by atoms with Gasteiger partial charge in [0, 0.05) is 9.75 Å². The topological polar surface area (TPSA) is 20.2 Å². The Bertz CT molecular complexity index is 306. The molecule has 1 N–H and O–H groups in total. The molecule has 0 bridgehead atoms. The molecule has 0 amide bonds. The molecule has 0 aromatic carbocycles. The standard InChI is InChI=1S/C14H22OS/c1-2-3-4-8-12(15)14-10-11-7-5-6-9-13(11)16-14/h10,12,15H,2-9H2,1H3. The number of aryl methyl sites for hydroxylation is 2. The molecule has 16 heavy (non-hydrogen) atoms. The van der Waals surface area contributed by atoms with Crippen LogP contribution in [0.4, 0.5) is 0 Å². The molecule has 1 aliphatic carbocycles. The van der Waals surface area contributed by atoms with Gasteiger partial charge in [-0.25, -0.2) is 0 Å². The van der Waals surface area contributed by atoms with Crippen molar-refractivity contribution in [2.24, 2.45) is 0 Å². The average Bonchev–Trinajstić information content (AvgIpc) is 2.73. The van der Waals surface area contributed by atoms with Gasteiger partial charge in [0.25, 0.3) is 0 Å². The summed E-state index contributed by atoms with van der Waals surface area (Å²) in [6.45, 7) is 2.20. The van der Waals surface area contributed by atoms with E-state index < -0.39 is 0 Å². The molecule has 0 saturated carbocycles. The number of thiophene rings is 1. The van der Waals surface area contributed by atoms with Crippen molar-refractivity contribution in [3.63, 3.8) is 0 Å². The van der Waals surface area contributed by atoms with Crippen LogP contribution in [0.2, 0.25) is 0 Å². The lowest BCUT2D eigenvalue weighted by Crippen LogP contribution is -1.96. The quantitative estimate of drug-likeness (QED) is 0.761. The van der Waals surface area contributed by atoms with Gasteiger partial charge in [0.1, 0.15) is 0 Å². The molecular formula is C14H22OS. The molecule has 2 heteroatoms. The van der Waals surface area contributed by atoms with Crippen molar-refractivity contribution in [1.82, 2.24) is 0 Å². The molecule has 1 atom stereocenters. The molecule has 1 heterocycles. The summed E-state index contributed by atoms with van der Waals surface area (Å²) >= 11 is 1.85. The van der Waals surface area contributed by atoms with Gasteiger partial charge in [-0.2, -0.15) is 0 Å². The lowest BCUT2D eigenvalue weighted by Gasteiger charge is -2.08. The SMILES string of the molecule is CCCCCC(O)c1cc2c(s1)CCCC2. The Morgan fingerprint density at radius 3 is 2.88 bits per heavy atom. The monoisotopic (exact) mass is 238 g/mol. The van der Waals surface area contributed by atoms with Crippen LogP contribution in [0.3, 0.4) is 0 Å². The highest BCUT2D eigenvalue weighted by Gasteiger charge is 2.17. The van der Waals surface area contributed by atoms with Gasteiger partial charge in [-0.05, 0) is 43.7 Å². The first kappa shape index (κ1) is 12.1. The fraction of sp³-hybridized carbons (Fsp3) is 0.714. The molecule has 1 aliphatic rings. The molecule has 0 spiro atoms. The van der Waals surface area contributed by atoms with E-state index in [4.69, 9.17) is 0 Å². The summed E-state index contributed by atoms with van der Waals surface area (Å²) < 4.78 is 0. The molecule has 1 unspecified atom stereocenters. The highest BCUT2D eigenvalue weighted by Crippen LogP contribution is 2.34. The number of aliphatic hydroxyl groups is 1. The van der Waals surface area contributed by atoms with Crippen molar-refractivity contribution in [2.75, 3.05) is 0 Å². The van der Waals surface area contributed by atoms with Crippen LogP contribution in [0.1, 0.15) is 66.9 Å². The van der Waals surface area contributed by atoms with Gasteiger partial charge in [0.15, 0.2) is 0 Å². The van der Waals surface area contributed by atoms with Crippen molar-refractivity contribution < 1.29 is 5.11 Å². The molecular weight excluding hydrogens is 216 g/mol. The van der Waals surface area contributed by atoms with E-state index in [0.29, 0.717) is 0 Å². The number of hydrogen-bond donors (Lipinski definition) is 1. The number of hydrogen-bond acceptors (Lipinski definition) is 2. The van der Waals surface area contributed by atoms with Crippen LogP contribution in [0.25, 0.3) is 0 Å². The minimum absolute atomic E-state index is 0.206. The predicted octanol–water partition coefficient (Wildman–Crippen LogP) is 4.24. The van der Waals surface area contributed by atoms with Gasteiger partial charge >= 0.3 is 0 Å². The molecule has 1 aromatic heterocycles. The van der Waals surface area contributed by atoms with E-state index in [1.54, 1.807) is 0 Å². The summed E-state index contributed by atoms with van der Waals surface area (Å²) in [6.07, 6.45) is 9.48. The van der Waals surface area contributed by atoms with E-state index in [2.05, 4.69) is 13.0 Å². The summed E-state index contributed by atoms with van der Waals surface area (Å²) in [7, 11) is 0. The van der Waals surface area contributed by atoms with E-state index in [9.17, 15) is 5.11 Å². The van der Waals surface area contributed by atoms with Crippen LogP contribution >= 0.6 is 11.3 Å². The molecule has 0 radical (unpaired) electrons. The molecule has 2 rings (SSSR count). The van der Waals surface area contributed by atoms with Gasteiger partial charge in [-0.1, -0.05) is 26.2 Å². The highest BCUT2D eigenvalue weighted by molar-refractivity contribution is 7.12.